The average Bonchev–Trinajstić information content (AvgIpc) is 2.87. The van der Waals surface area contributed by atoms with Crippen molar-refractivity contribution in [2.24, 2.45) is 5.92 Å². The molecule has 0 N–H and O–H groups in total. The average molecular weight is 323 g/mol. The van der Waals surface area contributed by atoms with Gasteiger partial charge in [0.15, 0.2) is 0 Å². The Kier molecular flexibility index (Phi) is 6.72. The van der Waals surface area contributed by atoms with Gasteiger partial charge in [0.05, 0.1) is 19.8 Å². The van der Waals surface area contributed by atoms with E-state index in [9.17, 15) is 4.79 Å². The number of morpholine rings is 1. The van der Waals surface area contributed by atoms with Crippen molar-refractivity contribution in [2.75, 3.05) is 65.6 Å². The first-order chi connectivity index (χ1) is 11.3. The smallest absolute Gasteiger partial charge is 0.236 e. The lowest BCUT2D eigenvalue weighted by Crippen LogP contribution is -2.46. The van der Waals surface area contributed by atoms with Crippen LogP contribution in [0.3, 0.4) is 0 Å². The zero-order valence-corrected chi connectivity index (χ0v) is 14.5. The van der Waals surface area contributed by atoms with Gasteiger partial charge in [-0.15, -0.1) is 0 Å². The molecule has 0 saturated carbocycles. The molecule has 3 heterocycles. The van der Waals surface area contributed by atoms with E-state index in [0.29, 0.717) is 12.5 Å². The van der Waals surface area contributed by atoms with Crippen LogP contribution in [-0.2, 0) is 9.53 Å². The molecule has 0 bridgehead atoms. The van der Waals surface area contributed by atoms with Crippen LogP contribution in [0.5, 0.6) is 0 Å². The molecule has 3 rings (SSSR count). The molecule has 0 aromatic heterocycles. The summed E-state index contributed by atoms with van der Waals surface area (Å²) >= 11 is 0. The van der Waals surface area contributed by atoms with Gasteiger partial charge in [0.2, 0.25) is 5.91 Å². The highest BCUT2D eigenvalue weighted by Crippen LogP contribution is 2.19. The number of likely N-dealkylation sites (tertiary alicyclic amines) is 2. The summed E-state index contributed by atoms with van der Waals surface area (Å²) in [4.78, 5) is 19.5. The van der Waals surface area contributed by atoms with Crippen LogP contribution >= 0.6 is 0 Å². The molecule has 0 aromatic rings. The van der Waals surface area contributed by atoms with E-state index in [1.165, 1.54) is 45.1 Å². The summed E-state index contributed by atoms with van der Waals surface area (Å²) in [6.45, 7) is 9.97. The maximum Gasteiger partial charge on any atom is 0.236 e. The minimum atomic E-state index is 0.360. The molecular formula is C18H33N3O2. The number of nitrogens with zero attached hydrogens (tertiary/aromatic N) is 3. The van der Waals surface area contributed by atoms with Gasteiger partial charge in [-0.25, -0.2) is 0 Å². The van der Waals surface area contributed by atoms with Crippen molar-refractivity contribution in [1.29, 1.82) is 0 Å². The second kappa shape index (κ2) is 9.00. The van der Waals surface area contributed by atoms with Crippen LogP contribution in [0.4, 0.5) is 0 Å². The molecule has 0 aliphatic carbocycles. The summed E-state index contributed by atoms with van der Waals surface area (Å²) in [6.07, 6.45) is 7.43. The second-order valence-electron chi connectivity index (χ2n) is 7.43. The van der Waals surface area contributed by atoms with Crippen LogP contribution in [0.25, 0.3) is 0 Å². The van der Waals surface area contributed by atoms with Crippen molar-refractivity contribution in [3.8, 4) is 0 Å². The van der Waals surface area contributed by atoms with E-state index in [-0.39, 0.29) is 0 Å². The molecule has 0 unspecified atom stereocenters. The predicted octanol–water partition coefficient (Wildman–Crippen LogP) is 1.43. The molecular weight excluding hydrogens is 290 g/mol. The minimum absolute atomic E-state index is 0.360. The van der Waals surface area contributed by atoms with Crippen molar-refractivity contribution >= 4 is 5.91 Å². The number of ether oxygens (including phenoxy) is 1. The Morgan fingerprint density at radius 1 is 0.826 bits per heavy atom. The molecule has 3 aliphatic rings. The summed E-state index contributed by atoms with van der Waals surface area (Å²) in [5.74, 6) is 1.16. The Bertz CT molecular complexity index is 355. The SMILES string of the molecule is O=C(CN1CCC(CN2CCOCC2)CC1)N1CCCCCC1. The molecule has 0 atom stereocenters. The molecule has 1 amide bonds. The maximum absolute atomic E-state index is 12.5. The van der Waals surface area contributed by atoms with Gasteiger partial charge >= 0.3 is 0 Å². The van der Waals surface area contributed by atoms with Crippen LogP contribution in [0.2, 0.25) is 0 Å². The Morgan fingerprint density at radius 2 is 1.48 bits per heavy atom. The van der Waals surface area contributed by atoms with Gasteiger partial charge in [0.25, 0.3) is 0 Å². The lowest BCUT2D eigenvalue weighted by atomic mass is 9.96. The van der Waals surface area contributed by atoms with Crippen molar-refractivity contribution in [3.05, 3.63) is 0 Å². The summed E-state index contributed by atoms with van der Waals surface area (Å²) in [5, 5.41) is 0. The highest BCUT2D eigenvalue weighted by molar-refractivity contribution is 5.78. The van der Waals surface area contributed by atoms with E-state index >= 15 is 0 Å². The quantitative estimate of drug-likeness (QED) is 0.784. The van der Waals surface area contributed by atoms with Gasteiger partial charge in [-0.2, -0.15) is 0 Å². The minimum Gasteiger partial charge on any atom is -0.379 e. The normalized spacial score (nSPS) is 26.2. The van der Waals surface area contributed by atoms with Crippen molar-refractivity contribution < 1.29 is 9.53 Å². The van der Waals surface area contributed by atoms with Crippen LogP contribution in [0.15, 0.2) is 0 Å². The fourth-order valence-electron chi connectivity index (χ4n) is 4.09. The Morgan fingerprint density at radius 3 is 2.13 bits per heavy atom. The van der Waals surface area contributed by atoms with E-state index in [1.807, 2.05) is 0 Å². The van der Waals surface area contributed by atoms with E-state index in [1.54, 1.807) is 0 Å². The number of piperidine rings is 1. The van der Waals surface area contributed by atoms with Crippen molar-refractivity contribution in [2.45, 2.75) is 38.5 Å². The summed E-state index contributed by atoms with van der Waals surface area (Å²) in [6, 6.07) is 0. The summed E-state index contributed by atoms with van der Waals surface area (Å²) < 4.78 is 5.42. The van der Waals surface area contributed by atoms with Gasteiger partial charge < -0.3 is 9.64 Å². The van der Waals surface area contributed by atoms with Crippen LogP contribution in [0.1, 0.15) is 38.5 Å². The predicted molar refractivity (Wildman–Crippen MR) is 91.5 cm³/mol. The molecule has 3 saturated heterocycles. The Hall–Kier alpha value is -0.650. The molecule has 0 radical (unpaired) electrons. The number of carbonyl (C=O) groups excluding carboxylic acids is 1. The lowest BCUT2D eigenvalue weighted by Gasteiger charge is -2.36. The van der Waals surface area contributed by atoms with Crippen LogP contribution in [0, 0.1) is 5.92 Å². The topological polar surface area (TPSA) is 36.0 Å². The largest absolute Gasteiger partial charge is 0.379 e. The van der Waals surface area contributed by atoms with Crippen LogP contribution < -0.4 is 0 Å². The third-order valence-corrected chi connectivity index (χ3v) is 5.64. The van der Waals surface area contributed by atoms with Gasteiger partial charge in [0, 0.05) is 32.7 Å². The first-order valence-electron chi connectivity index (χ1n) is 9.61. The van der Waals surface area contributed by atoms with E-state index < -0.39 is 0 Å². The fourth-order valence-corrected chi connectivity index (χ4v) is 4.09. The molecule has 23 heavy (non-hydrogen) atoms. The molecule has 132 valence electrons. The third-order valence-electron chi connectivity index (χ3n) is 5.64. The van der Waals surface area contributed by atoms with Gasteiger partial charge in [0.1, 0.15) is 0 Å². The highest BCUT2D eigenvalue weighted by atomic mass is 16.5. The summed E-state index contributed by atoms with van der Waals surface area (Å²) in [7, 11) is 0. The molecule has 3 aliphatic heterocycles. The number of carbonyl (C=O) groups is 1. The van der Waals surface area contributed by atoms with Gasteiger partial charge in [-0.3, -0.25) is 14.6 Å². The maximum atomic E-state index is 12.5. The van der Waals surface area contributed by atoms with E-state index in [2.05, 4.69) is 14.7 Å². The van der Waals surface area contributed by atoms with Gasteiger partial charge in [-0.1, -0.05) is 12.8 Å². The monoisotopic (exact) mass is 323 g/mol. The lowest BCUT2D eigenvalue weighted by molar-refractivity contribution is -0.132. The molecule has 3 fully saturated rings. The molecule has 0 aromatic carbocycles. The summed E-state index contributed by atoms with van der Waals surface area (Å²) in [5.41, 5.74) is 0. The second-order valence-corrected chi connectivity index (χ2v) is 7.43. The standard InChI is InChI=1S/C18H33N3O2/c22-18(21-7-3-1-2-4-8-21)16-19-9-5-17(6-10-19)15-20-11-13-23-14-12-20/h17H,1-16H2. The Balaban J connectivity index is 1.35. The number of hydrogen-bond donors (Lipinski definition) is 0. The highest BCUT2D eigenvalue weighted by Gasteiger charge is 2.25. The zero-order valence-electron chi connectivity index (χ0n) is 14.5. The first kappa shape index (κ1) is 17.2. The zero-order chi connectivity index (χ0) is 15.9. The Labute approximate surface area is 140 Å². The fraction of sp³-hybridized carbons (Fsp3) is 0.944. The third kappa shape index (κ3) is 5.44. The number of rotatable bonds is 4. The van der Waals surface area contributed by atoms with E-state index in [4.69, 9.17) is 4.74 Å². The molecule has 0 spiro atoms. The van der Waals surface area contributed by atoms with Crippen molar-refractivity contribution in [1.82, 2.24) is 14.7 Å². The molecule has 5 nitrogen and oxygen atoms in total. The van der Waals surface area contributed by atoms with Crippen molar-refractivity contribution in [3.63, 3.8) is 0 Å². The number of amides is 1. The van der Waals surface area contributed by atoms with Gasteiger partial charge in [-0.05, 0) is 44.7 Å². The first-order valence-corrected chi connectivity index (χ1v) is 9.61. The van der Waals surface area contributed by atoms with E-state index in [0.717, 1.165) is 58.4 Å². The van der Waals surface area contributed by atoms with Crippen LogP contribution in [-0.4, -0.2) is 86.2 Å². The molecule has 5 heteroatoms. The number of hydrogen-bond acceptors (Lipinski definition) is 4.